The fraction of sp³-hybridized carbons (Fsp3) is 0.273. The Bertz CT molecular complexity index is 1170. The number of aromatic nitrogens is 4. The first kappa shape index (κ1) is 19.4. The average molecular weight is 420 g/mol. The highest BCUT2D eigenvalue weighted by molar-refractivity contribution is 5.99. The van der Waals surface area contributed by atoms with Gasteiger partial charge in [-0.15, -0.1) is 13.2 Å². The second kappa shape index (κ2) is 7.59. The highest BCUT2D eigenvalue weighted by Crippen LogP contribution is 2.43. The van der Waals surface area contributed by atoms with Gasteiger partial charge in [0.2, 0.25) is 11.7 Å². The highest BCUT2D eigenvalue weighted by atomic mass is 19.1. The monoisotopic (exact) mass is 420 g/mol. The summed E-state index contributed by atoms with van der Waals surface area (Å²) >= 11 is 0. The maximum Gasteiger partial charge on any atom is 0.256 e. The summed E-state index contributed by atoms with van der Waals surface area (Å²) in [5.41, 5.74) is 2.30. The molecule has 5 rings (SSSR count). The Morgan fingerprint density at radius 1 is 1.29 bits per heavy atom. The van der Waals surface area contributed by atoms with Crippen molar-refractivity contribution in [2.24, 2.45) is 0 Å². The lowest BCUT2D eigenvalue weighted by molar-refractivity contribution is 0.0461. The molecule has 2 aliphatic heterocycles. The van der Waals surface area contributed by atoms with Crippen LogP contribution in [0.5, 0.6) is 0 Å². The minimum absolute atomic E-state index is 0.166. The van der Waals surface area contributed by atoms with Crippen LogP contribution in [-0.2, 0) is 6.54 Å². The molecule has 31 heavy (non-hydrogen) atoms. The summed E-state index contributed by atoms with van der Waals surface area (Å²) in [4.78, 5) is 25.8. The number of nitrogens with zero attached hydrogens (tertiary/aromatic N) is 6. The zero-order valence-corrected chi connectivity index (χ0v) is 16.9. The SMILES string of the molecule is C=CCN(CC=C)Cc1nc(-c2ncn3c2[C@@H]2CCN2C(=O)c2cc(F)ccc2-3)no1. The zero-order valence-electron chi connectivity index (χ0n) is 16.9. The lowest BCUT2D eigenvalue weighted by Gasteiger charge is -2.39. The summed E-state index contributed by atoms with van der Waals surface area (Å²) in [6.07, 6.45) is 6.03. The molecule has 0 bridgehead atoms. The van der Waals surface area contributed by atoms with E-state index in [1.54, 1.807) is 29.4 Å². The predicted octanol–water partition coefficient (Wildman–Crippen LogP) is 3.14. The van der Waals surface area contributed by atoms with E-state index in [0.29, 0.717) is 54.8 Å². The number of amides is 1. The van der Waals surface area contributed by atoms with E-state index in [0.717, 1.165) is 12.1 Å². The number of rotatable bonds is 7. The average Bonchev–Trinajstić information content (AvgIpc) is 3.33. The van der Waals surface area contributed by atoms with Crippen LogP contribution in [0, 0.1) is 5.82 Å². The first-order valence-corrected chi connectivity index (χ1v) is 10.1. The first-order valence-electron chi connectivity index (χ1n) is 10.1. The number of carbonyl (C=O) groups excluding carboxylic acids is 1. The van der Waals surface area contributed by atoms with Gasteiger partial charge >= 0.3 is 0 Å². The Morgan fingerprint density at radius 3 is 2.81 bits per heavy atom. The molecule has 3 aromatic rings. The van der Waals surface area contributed by atoms with Gasteiger partial charge < -0.3 is 9.42 Å². The van der Waals surface area contributed by atoms with Gasteiger partial charge in [-0.05, 0) is 24.6 Å². The van der Waals surface area contributed by atoms with Crippen molar-refractivity contribution >= 4 is 5.91 Å². The molecule has 9 heteroatoms. The van der Waals surface area contributed by atoms with E-state index in [9.17, 15) is 9.18 Å². The first-order chi connectivity index (χ1) is 15.1. The molecule has 1 fully saturated rings. The van der Waals surface area contributed by atoms with E-state index in [1.807, 2.05) is 4.57 Å². The normalized spacial score (nSPS) is 16.9. The van der Waals surface area contributed by atoms with Crippen LogP contribution in [0.15, 0.2) is 54.4 Å². The van der Waals surface area contributed by atoms with Gasteiger partial charge in [0.1, 0.15) is 17.8 Å². The third-order valence-electron chi connectivity index (χ3n) is 5.66. The summed E-state index contributed by atoms with van der Waals surface area (Å²) in [5.74, 6) is 0.196. The van der Waals surface area contributed by atoms with E-state index in [-0.39, 0.29) is 11.9 Å². The standard InChI is InChI=1S/C22H21FN6O2/c1-3-8-27(9-4-2)12-18-25-21(26-31-18)19-20-17-7-10-28(17)22(30)15-11-14(23)5-6-16(15)29(20)13-24-19/h3-6,11,13,17H,1-2,7-10,12H2/t17-/m0/s1. The molecular formula is C22H21FN6O2. The van der Waals surface area contributed by atoms with Crippen molar-refractivity contribution < 1.29 is 13.7 Å². The Balaban J connectivity index is 1.54. The molecule has 4 heterocycles. The molecule has 2 aliphatic rings. The van der Waals surface area contributed by atoms with Crippen LogP contribution >= 0.6 is 0 Å². The molecule has 0 aliphatic carbocycles. The number of benzene rings is 1. The van der Waals surface area contributed by atoms with Crippen molar-refractivity contribution in [1.82, 2.24) is 29.5 Å². The summed E-state index contributed by atoms with van der Waals surface area (Å²) in [6.45, 7) is 9.93. The second-order valence-electron chi connectivity index (χ2n) is 7.60. The van der Waals surface area contributed by atoms with Gasteiger partial charge in [0, 0.05) is 19.6 Å². The Labute approximate surface area is 178 Å². The molecule has 0 spiro atoms. The van der Waals surface area contributed by atoms with Crippen molar-refractivity contribution in [3.05, 3.63) is 72.8 Å². The lowest BCUT2D eigenvalue weighted by Crippen LogP contribution is -2.44. The van der Waals surface area contributed by atoms with Crippen LogP contribution in [0.25, 0.3) is 17.2 Å². The molecule has 0 N–H and O–H groups in total. The number of imidazole rings is 1. The molecule has 0 saturated carbocycles. The Hall–Kier alpha value is -3.59. The van der Waals surface area contributed by atoms with Gasteiger partial charge in [0.25, 0.3) is 5.91 Å². The van der Waals surface area contributed by atoms with E-state index in [4.69, 9.17) is 4.52 Å². The van der Waals surface area contributed by atoms with Crippen molar-refractivity contribution in [2.45, 2.75) is 19.0 Å². The number of hydrogen-bond donors (Lipinski definition) is 0. The molecular weight excluding hydrogens is 399 g/mol. The number of hydrogen-bond acceptors (Lipinski definition) is 6. The molecule has 1 amide bonds. The van der Waals surface area contributed by atoms with E-state index < -0.39 is 5.82 Å². The molecule has 0 unspecified atom stereocenters. The van der Waals surface area contributed by atoms with Gasteiger partial charge in [0.05, 0.1) is 29.5 Å². The van der Waals surface area contributed by atoms with E-state index >= 15 is 0 Å². The number of halogens is 1. The van der Waals surface area contributed by atoms with Gasteiger partial charge in [-0.3, -0.25) is 14.3 Å². The predicted molar refractivity (Wildman–Crippen MR) is 111 cm³/mol. The molecule has 1 saturated heterocycles. The maximum absolute atomic E-state index is 13.9. The quantitative estimate of drug-likeness (QED) is 0.547. The van der Waals surface area contributed by atoms with Crippen molar-refractivity contribution in [2.75, 3.05) is 19.6 Å². The highest BCUT2D eigenvalue weighted by Gasteiger charge is 2.42. The smallest absolute Gasteiger partial charge is 0.256 e. The van der Waals surface area contributed by atoms with Crippen LogP contribution in [0.3, 0.4) is 0 Å². The zero-order chi connectivity index (χ0) is 21.5. The van der Waals surface area contributed by atoms with Crippen LogP contribution in [0.2, 0.25) is 0 Å². The minimum atomic E-state index is -0.445. The van der Waals surface area contributed by atoms with E-state index in [1.165, 1.54) is 12.1 Å². The van der Waals surface area contributed by atoms with Crippen LogP contribution < -0.4 is 0 Å². The fourth-order valence-corrected chi connectivity index (χ4v) is 4.17. The molecule has 1 atom stereocenters. The summed E-state index contributed by atoms with van der Waals surface area (Å²) in [7, 11) is 0. The van der Waals surface area contributed by atoms with Crippen LogP contribution in [0.1, 0.15) is 34.4 Å². The summed E-state index contributed by atoms with van der Waals surface area (Å²) < 4.78 is 21.2. The largest absolute Gasteiger partial charge is 0.337 e. The van der Waals surface area contributed by atoms with Crippen molar-refractivity contribution in [1.29, 1.82) is 0 Å². The van der Waals surface area contributed by atoms with Crippen molar-refractivity contribution in [3.63, 3.8) is 0 Å². The number of fused-ring (bicyclic) bond motifs is 5. The molecule has 2 aromatic heterocycles. The minimum Gasteiger partial charge on any atom is -0.337 e. The van der Waals surface area contributed by atoms with Crippen molar-refractivity contribution in [3.8, 4) is 17.2 Å². The third-order valence-corrected chi connectivity index (χ3v) is 5.66. The molecule has 158 valence electrons. The second-order valence-corrected chi connectivity index (χ2v) is 7.60. The van der Waals surface area contributed by atoms with E-state index in [2.05, 4.69) is 33.2 Å². The summed E-state index contributed by atoms with van der Waals surface area (Å²) in [5, 5.41) is 4.14. The van der Waals surface area contributed by atoms with Gasteiger partial charge in [-0.1, -0.05) is 17.3 Å². The molecule has 8 nitrogen and oxygen atoms in total. The Morgan fingerprint density at radius 2 is 2.10 bits per heavy atom. The molecule has 0 radical (unpaired) electrons. The van der Waals surface area contributed by atoms with Crippen LogP contribution in [-0.4, -0.2) is 55.0 Å². The molecule has 1 aromatic carbocycles. The fourth-order valence-electron chi connectivity index (χ4n) is 4.17. The topological polar surface area (TPSA) is 80.3 Å². The number of carbonyl (C=O) groups is 1. The van der Waals surface area contributed by atoms with Gasteiger partial charge in [-0.2, -0.15) is 4.98 Å². The summed E-state index contributed by atoms with van der Waals surface area (Å²) in [6, 6.07) is 4.06. The Kier molecular flexibility index (Phi) is 4.74. The lowest BCUT2D eigenvalue weighted by atomic mass is 9.97. The van der Waals surface area contributed by atoms with Gasteiger partial charge in [0.15, 0.2) is 0 Å². The third kappa shape index (κ3) is 3.17. The maximum atomic E-state index is 13.9. The van der Waals surface area contributed by atoms with Crippen LogP contribution in [0.4, 0.5) is 4.39 Å². The van der Waals surface area contributed by atoms with Gasteiger partial charge in [-0.25, -0.2) is 9.37 Å².